The Morgan fingerprint density at radius 1 is 1.09 bits per heavy atom. The van der Waals surface area contributed by atoms with E-state index in [4.69, 9.17) is 4.42 Å². The molecule has 4 rings (SSSR count). The summed E-state index contributed by atoms with van der Waals surface area (Å²) in [6.45, 7) is 0. The van der Waals surface area contributed by atoms with Crippen LogP contribution in [0.5, 0.6) is 0 Å². The number of hydrogen-bond donors (Lipinski definition) is 0. The molecule has 0 radical (unpaired) electrons. The highest BCUT2D eigenvalue weighted by molar-refractivity contribution is 5.98. The van der Waals surface area contributed by atoms with Crippen LogP contribution < -0.4 is 5.43 Å². The highest BCUT2D eigenvalue weighted by Gasteiger charge is 2.40. The van der Waals surface area contributed by atoms with Crippen molar-refractivity contribution in [2.45, 2.75) is 6.04 Å². The fourth-order valence-electron chi connectivity index (χ4n) is 3.10. The molecule has 5 heteroatoms. The number of carbonyl (C=O) groups is 1. The van der Waals surface area contributed by atoms with Crippen molar-refractivity contribution in [1.82, 2.24) is 4.90 Å². The van der Waals surface area contributed by atoms with Crippen LogP contribution in [0.1, 0.15) is 27.7 Å². The van der Waals surface area contributed by atoms with Gasteiger partial charge in [-0.1, -0.05) is 24.3 Å². The molecule has 2 aromatic carbocycles. The van der Waals surface area contributed by atoms with Crippen molar-refractivity contribution in [2.24, 2.45) is 0 Å². The van der Waals surface area contributed by atoms with Gasteiger partial charge in [-0.25, -0.2) is 4.39 Å². The molecule has 1 aliphatic rings. The van der Waals surface area contributed by atoms with E-state index in [0.717, 1.165) is 0 Å². The third-order valence-electron chi connectivity index (χ3n) is 4.17. The molecule has 0 spiro atoms. The standard InChI is InChI=1S/C18H12FNO3/c1-20-15(10-5-4-6-11(19)9-10)14-16(21)12-7-2-3-8-13(12)23-17(14)18(20)22/h2-9,15H,1H3/t15-/m1/s1. The van der Waals surface area contributed by atoms with E-state index in [9.17, 15) is 14.0 Å². The molecule has 1 aliphatic heterocycles. The van der Waals surface area contributed by atoms with Gasteiger partial charge in [0.2, 0.25) is 5.76 Å². The minimum absolute atomic E-state index is 0.0328. The van der Waals surface area contributed by atoms with E-state index in [1.807, 2.05) is 0 Å². The summed E-state index contributed by atoms with van der Waals surface area (Å²) >= 11 is 0. The fraction of sp³-hybridized carbons (Fsp3) is 0.111. The third-order valence-corrected chi connectivity index (χ3v) is 4.17. The molecule has 0 saturated carbocycles. The molecule has 0 fully saturated rings. The number of hydrogen-bond acceptors (Lipinski definition) is 3. The van der Waals surface area contributed by atoms with Gasteiger partial charge in [0.05, 0.1) is 17.0 Å². The van der Waals surface area contributed by atoms with Crippen LogP contribution in [0.15, 0.2) is 57.7 Å². The predicted octanol–water partition coefficient (Wildman–Crippen LogP) is 3.11. The summed E-state index contributed by atoms with van der Waals surface area (Å²) in [7, 11) is 1.58. The van der Waals surface area contributed by atoms with Gasteiger partial charge in [0.25, 0.3) is 5.91 Å². The van der Waals surface area contributed by atoms with E-state index in [1.54, 1.807) is 43.4 Å². The number of para-hydroxylation sites is 1. The molecule has 114 valence electrons. The zero-order chi connectivity index (χ0) is 16.1. The summed E-state index contributed by atoms with van der Waals surface area (Å²) in [6.07, 6.45) is 0. The molecular formula is C18H12FNO3. The van der Waals surface area contributed by atoms with Crippen molar-refractivity contribution in [2.75, 3.05) is 7.05 Å². The molecular weight excluding hydrogens is 297 g/mol. The quantitative estimate of drug-likeness (QED) is 0.694. The van der Waals surface area contributed by atoms with E-state index >= 15 is 0 Å². The van der Waals surface area contributed by atoms with E-state index in [1.165, 1.54) is 17.0 Å². The lowest BCUT2D eigenvalue weighted by Gasteiger charge is -2.20. The topological polar surface area (TPSA) is 50.5 Å². The smallest absolute Gasteiger partial charge is 0.290 e. The molecule has 1 amide bonds. The second-order valence-electron chi connectivity index (χ2n) is 5.54. The van der Waals surface area contributed by atoms with Crippen LogP contribution in [0, 0.1) is 5.82 Å². The fourth-order valence-corrected chi connectivity index (χ4v) is 3.10. The molecule has 1 aromatic heterocycles. The monoisotopic (exact) mass is 309 g/mol. The second-order valence-corrected chi connectivity index (χ2v) is 5.54. The molecule has 3 aromatic rings. The Balaban J connectivity index is 2.05. The molecule has 0 aliphatic carbocycles. The predicted molar refractivity (Wildman–Crippen MR) is 82.8 cm³/mol. The first-order chi connectivity index (χ1) is 11.1. The average Bonchev–Trinajstić information content (AvgIpc) is 2.80. The maximum absolute atomic E-state index is 13.6. The van der Waals surface area contributed by atoms with E-state index in [0.29, 0.717) is 16.5 Å². The summed E-state index contributed by atoms with van der Waals surface area (Å²) in [6, 6.07) is 12.1. The van der Waals surface area contributed by atoms with Crippen LogP contribution in [0.3, 0.4) is 0 Å². The zero-order valence-electron chi connectivity index (χ0n) is 12.2. The van der Waals surface area contributed by atoms with E-state index < -0.39 is 11.9 Å². The van der Waals surface area contributed by atoms with Gasteiger partial charge in [0, 0.05) is 7.05 Å². The molecule has 0 N–H and O–H groups in total. The number of rotatable bonds is 1. The second kappa shape index (κ2) is 4.78. The molecule has 23 heavy (non-hydrogen) atoms. The number of halogens is 1. The van der Waals surface area contributed by atoms with Gasteiger partial charge < -0.3 is 9.32 Å². The number of nitrogens with zero attached hydrogens (tertiary/aromatic N) is 1. The highest BCUT2D eigenvalue weighted by atomic mass is 19.1. The highest BCUT2D eigenvalue weighted by Crippen LogP contribution is 2.36. The van der Waals surface area contributed by atoms with Crippen LogP contribution in [-0.2, 0) is 0 Å². The Morgan fingerprint density at radius 3 is 2.65 bits per heavy atom. The number of benzene rings is 2. The van der Waals surface area contributed by atoms with Crippen molar-refractivity contribution in [1.29, 1.82) is 0 Å². The number of carbonyl (C=O) groups excluding carboxylic acids is 1. The normalized spacial score (nSPS) is 16.9. The molecule has 0 saturated heterocycles. The number of amides is 1. The number of fused-ring (bicyclic) bond motifs is 2. The van der Waals surface area contributed by atoms with E-state index in [-0.39, 0.29) is 22.7 Å². The van der Waals surface area contributed by atoms with Gasteiger partial charge in [-0.3, -0.25) is 9.59 Å². The first kappa shape index (κ1) is 13.7. The Labute approximate surface area is 130 Å². The largest absolute Gasteiger partial charge is 0.450 e. The Hall–Kier alpha value is -2.95. The Kier molecular flexibility index (Phi) is 2.84. The maximum atomic E-state index is 13.6. The van der Waals surface area contributed by atoms with Crippen LogP contribution in [-0.4, -0.2) is 17.9 Å². The van der Waals surface area contributed by atoms with Crippen LogP contribution in [0.4, 0.5) is 4.39 Å². The first-order valence-electron chi connectivity index (χ1n) is 7.16. The molecule has 0 unspecified atom stereocenters. The maximum Gasteiger partial charge on any atom is 0.290 e. The van der Waals surface area contributed by atoms with Gasteiger partial charge >= 0.3 is 0 Å². The van der Waals surface area contributed by atoms with Gasteiger partial charge in [0.15, 0.2) is 5.43 Å². The summed E-state index contributed by atoms with van der Waals surface area (Å²) < 4.78 is 19.2. The SMILES string of the molecule is CN1C(=O)c2oc3ccccc3c(=O)c2[C@H]1c1cccc(F)c1. The summed E-state index contributed by atoms with van der Waals surface area (Å²) in [4.78, 5) is 26.7. The molecule has 1 atom stereocenters. The molecule has 4 nitrogen and oxygen atoms in total. The Morgan fingerprint density at radius 2 is 1.87 bits per heavy atom. The molecule has 0 bridgehead atoms. The van der Waals surface area contributed by atoms with Crippen molar-refractivity contribution in [3.63, 3.8) is 0 Å². The summed E-state index contributed by atoms with van der Waals surface area (Å²) in [5, 5.41) is 0.413. The van der Waals surface area contributed by atoms with Crippen LogP contribution >= 0.6 is 0 Å². The third kappa shape index (κ3) is 1.90. The van der Waals surface area contributed by atoms with Gasteiger partial charge in [-0.2, -0.15) is 0 Å². The summed E-state index contributed by atoms with van der Waals surface area (Å²) in [5.74, 6) is -0.760. The Bertz CT molecular complexity index is 1010. The van der Waals surface area contributed by atoms with Gasteiger partial charge in [0.1, 0.15) is 11.4 Å². The summed E-state index contributed by atoms with van der Waals surface area (Å²) in [5.41, 5.74) is 0.927. The minimum atomic E-state index is -0.644. The van der Waals surface area contributed by atoms with Crippen molar-refractivity contribution < 1.29 is 13.6 Å². The van der Waals surface area contributed by atoms with E-state index in [2.05, 4.69) is 0 Å². The van der Waals surface area contributed by atoms with Crippen LogP contribution in [0.2, 0.25) is 0 Å². The zero-order valence-corrected chi connectivity index (χ0v) is 12.2. The van der Waals surface area contributed by atoms with Crippen molar-refractivity contribution in [3.8, 4) is 0 Å². The van der Waals surface area contributed by atoms with Crippen LogP contribution in [0.25, 0.3) is 11.0 Å². The first-order valence-corrected chi connectivity index (χ1v) is 7.16. The van der Waals surface area contributed by atoms with Crippen molar-refractivity contribution in [3.05, 3.63) is 81.5 Å². The van der Waals surface area contributed by atoms with Gasteiger partial charge in [-0.05, 0) is 29.8 Å². The molecule has 2 heterocycles. The van der Waals surface area contributed by atoms with Crippen molar-refractivity contribution >= 4 is 16.9 Å². The lowest BCUT2D eigenvalue weighted by atomic mass is 9.99. The minimum Gasteiger partial charge on any atom is -0.450 e. The average molecular weight is 309 g/mol. The lowest BCUT2D eigenvalue weighted by molar-refractivity contribution is 0.0771. The van der Waals surface area contributed by atoms with Gasteiger partial charge in [-0.15, -0.1) is 0 Å². The lowest BCUT2D eigenvalue weighted by Crippen LogP contribution is -2.25.